The fraction of sp³-hybridized carbons (Fsp3) is 0.647. The van der Waals surface area contributed by atoms with Crippen LogP contribution in [-0.4, -0.2) is 43.8 Å². The van der Waals surface area contributed by atoms with Gasteiger partial charge in [-0.25, -0.2) is 0 Å². The Hall–Kier alpha value is -1.11. The van der Waals surface area contributed by atoms with E-state index in [4.69, 9.17) is 4.74 Å². The van der Waals surface area contributed by atoms with Crippen LogP contribution in [0.1, 0.15) is 44.2 Å². The molecule has 2 fully saturated rings. The quantitative estimate of drug-likeness (QED) is 0.848. The zero-order chi connectivity index (χ0) is 16.4. The Bertz CT molecular complexity index is 639. The van der Waals surface area contributed by atoms with Gasteiger partial charge in [-0.05, 0) is 49.3 Å². The van der Waals surface area contributed by atoms with E-state index in [1.165, 1.54) is 0 Å². The topological polar surface area (TPSA) is 49.9 Å². The van der Waals surface area contributed by atoms with Crippen LogP contribution in [0.25, 0.3) is 0 Å². The normalized spacial score (nSPS) is 24.9. The first-order valence-corrected chi connectivity index (χ1v) is 9.83. The van der Waals surface area contributed by atoms with Crippen molar-refractivity contribution in [1.82, 2.24) is 8.61 Å². The highest BCUT2D eigenvalue weighted by atomic mass is 32.2. The molecule has 2 heterocycles. The Morgan fingerprint density at radius 1 is 1.13 bits per heavy atom. The zero-order valence-electron chi connectivity index (χ0n) is 13.9. The lowest BCUT2D eigenvalue weighted by molar-refractivity contribution is 0.260. The average Bonchev–Trinajstić information content (AvgIpc) is 3.06. The van der Waals surface area contributed by atoms with Gasteiger partial charge in [-0.15, -0.1) is 0 Å². The molecule has 2 aliphatic heterocycles. The van der Waals surface area contributed by atoms with Gasteiger partial charge in [0.25, 0.3) is 10.2 Å². The van der Waals surface area contributed by atoms with Crippen molar-refractivity contribution in [2.24, 2.45) is 5.92 Å². The summed E-state index contributed by atoms with van der Waals surface area (Å²) in [6.07, 6.45) is 3.69. The SMILES string of the molecule is COc1cccc([C@H]2CCCN2S(=O)(=O)N2CCC(C)CC2)c1. The maximum atomic E-state index is 13.1. The van der Waals surface area contributed by atoms with E-state index in [2.05, 4.69) is 6.92 Å². The molecular formula is C17H26N2O3S. The smallest absolute Gasteiger partial charge is 0.282 e. The molecule has 1 aromatic rings. The molecule has 0 aromatic heterocycles. The van der Waals surface area contributed by atoms with Gasteiger partial charge in [0.2, 0.25) is 0 Å². The standard InChI is InChI=1S/C17H26N2O3S/c1-14-8-11-18(12-9-14)23(20,21)19-10-4-7-17(19)15-5-3-6-16(13-15)22-2/h3,5-6,13-14,17H,4,7-12H2,1-2H3/t17-/m1/s1. The summed E-state index contributed by atoms with van der Waals surface area (Å²) in [6.45, 7) is 4.09. The number of nitrogens with zero attached hydrogens (tertiary/aromatic N) is 2. The number of benzene rings is 1. The largest absolute Gasteiger partial charge is 0.497 e. The third-order valence-corrected chi connectivity index (χ3v) is 7.09. The molecule has 0 bridgehead atoms. The molecule has 2 aliphatic rings. The van der Waals surface area contributed by atoms with Crippen molar-refractivity contribution in [3.63, 3.8) is 0 Å². The highest BCUT2D eigenvalue weighted by Crippen LogP contribution is 2.37. The van der Waals surface area contributed by atoms with E-state index in [-0.39, 0.29) is 6.04 Å². The second-order valence-electron chi connectivity index (χ2n) is 6.63. The Balaban J connectivity index is 1.83. The lowest BCUT2D eigenvalue weighted by Crippen LogP contribution is -2.46. The molecule has 6 heteroatoms. The third-order valence-electron chi connectivity index (χ3n) is 5.05. The van der Waals surface area contributed by atoms with Gasteiger partial charge in [0, 0.05) is 19.6 Å². The van der Waals surface area contributed by atoms with Gasteiger partial charge in [-0.1, -0.05) is 19.1 Å². The fourth-order valence-electron chi connectivity index (χ4n) is 3.56. The van der Waals surface area contributed by atoms with Crippen molar-refractivity contribution < 1.29 is 13.2 Å². The van der Waals surface area contributed by atoms with Crippen LogP contribution in [0.4, 0.5) is 0 Å². The number of ether oxygens (including phenoxy) is 1. The van der Waals surface area contributed by atoms with Crippen LogP contribution in [-0.2, 0) is 10.2 Å². The maximum absolute atomic E-state index is 13.1. The van der Waals surface area contributed by atoms with Crippen LogP contribution in [0.3, 0.4) is 0 Å². The predicted octanol–water partition coefficient (Wildman–Crippen LogP) is 2.81. The van der Waals surface area contributed by atoms with E-state index in [0.29, 0.717) is 25.6 Å². The maximum Gasteiger partial charge on any atom is 0.282 e. The molecule has 2 saturated heterocycles. The summed E-state index contributed by atoms with van der Waals surface area (Å²) in [7, 11) is -1.74. The minimum absolute atomic E-state index is 0.0746. The van der Waals surface area contributed by atoms with Crippen LogP contribution in [0.15, 0.2) is 24.3 Å². The second-order valence-corrected chi connectivity index (χ2v) is 8.52. The molecule has 0 unspecified atom stereocenters. The Morgan fingerprint density at radius 3 is 2.57 bits per heavy atom. The molecule has 1 atom stereocenters. The van der Waals surface area contributed by atoms with E-state index < -0.39 is 10.2 Å². The average molecular weight is 338 g/mol. The molecule has 0 aliphatic carbocycles. The number of hydrogen-bond donors (Lipinski definition) is 0. The molecule has 0 spiro atoms. The number of rotatable bonds is 4. The van der Waals surface area contributed by atoms with Gasteiger partial charge in [0.1, 0.15) is 5.75 Å². The first-order chi connectivity index (χ1) is 11.0. The molecule has 0 radical (unpaired) electrons. The molecule has 0 N–H and O–H groups in total. The van der Waals surface area contributed by atoms with Crippen molar-refractivity contribution >= 4 is 10.2 Å². The van der Waals surface area contributed by atoms with Crippen molar-refractivity contribution in [3.8, 4) is 5.75 Å². The monoisotopic (exact) mass is 338 g/mol. The fourth-order valence-corrected chi connectivity index (χ4v) is 5.44. The zero-order valence-corrected chi connectivity index (χ0v) is 14.8. The minimum atomic E-state index is -3.38. The molecule has 0 saturated carbocycles. The van der Waals surface area contributed by atoms with Crippen molar-refractivity contribution in [1.29, 1.82) is 0 Å². The first-order valence-electron chi connectivity index (χ1n) is 8.43. The third kappa shape index (κ3) is 3.39. The number of piperidine rings is 1. The van der Waals surface area contributed by atoms with E-state index in [1.807, 2.05) is 24.3 Å². The summed E-state index contributed by atoms with van der Waals surface area (Å²) in [4.78, 5) is 0. The summed E-state index contributed by atoms with van der Waals surface area (Å²) in [5, 5.41) is 0. The lowest BCUT2D eigenvalue weighted by atomic mass is 10.0. The summed E-state index contributed by atoms with van der Waals surface area (Å²) < 4.78 is 34.8. The van der Waals surface area contributed by atoms with Gasteiger partial charge in [-0.3, -0.25) is 0 Å². The minimum Gasteiger partial charge on any atom is -0.497 e. The molecule has 23 heavy (non-hydrogen) atoms. The van der Waals surface area contributed by atoms with Gasteiger partial charge in [0.05, 0.1) is 13.2 Å². The van der Waals surface area contributed by atoms with Gasteiger partial charge < -0.3 is 4.74 Å². The number of methoxy groups -OCH3 is 1. The first kappa shape index (κ1) is 16.7. The molecule has 1 aromatic carbocycles. The van der Waals surface area contributed by atoms with Crippen LogP contribution in [0.5, 0.6) is 5.75 Å². The number of hydrogen-bond acceptors (Lipinski definition) is 3. The van der Waals surface area contributed by atoms with Gasteiger partial charge >= 0.3 is 0 Å². The van der Waals surface area contributed by atoms with Crippen molar-refractivity contribution in [2.75, 3.05) is 26.7 Å². The molecule has 0 amide bonds. The van der Waals surface area contributed by atoms with Gasteiger partial charge in [0.15, 0.2) is 0 Å². The Morgan fingerprint density at radius 2 is 1.87 bits per heavy atom. The van der Waals surface area contributed by atoms with E-state index >= 15 is 0 Å². The molecule has 5 nitrogen and oxygen atoms in total. The van der Waals surface area contributed by atoms with Crippen LogP contribution < -0.4 is 4.74 Å². The highest BCUT2D eigenvalue weighted by molar-refractivity contribution is 7.86. The predicted molar refractivity (Wildman–Crippen MR) is 90.6 cm³/mol. The van der Waals surface area contributed by atoms with E-state index in [9.17, 15) is 8.42 Å². The summed E-state index contributed by atoms with van der Waals surface area (Å²) in [5.74, 6) is 1.40. The highest BCUT2D eigenvalue weighted by Gasteiger charge is 2.39. The van der Waals surface area contributed by atoms with Gasteiger partial charge in [-0.2, -0.15) is 17.0 Å². The van der Waals surface area contributed by atoms with Crippen LogP contribution >= 0.6 is 0 Å². The molecule has 3 rings (SSSR count). The second kappa shape index (κ2) is 6.79. The van der Waals surface area contributed by atoms with E-state index in [0.717, 1.165) is 37.0 Å². The summed E-state index contributed by atoms with van der Waals surface area (Å²) >= 11 is 0. The Labute approximate surface area is 139 Å². The summed E-state index contributed by atoms with van der Waals surface area (Å²) in [5.41, 5.74) is 1.02. The van der Waals surface area contributed by atoms with Crippen molar-refractivity contribution in [3.05, 3.63) is 29.8 Å². The molecule has 128 valence electrons. The molecular weight excluding hydrogens is 312 g/mol. The lowest BCUT2D eigenvalue weighted by Gasteiger charge is -2.34. The van der Waals surface area contributed by atoms with Crippen LogP contribution in [0.2, 0.25) is 0 Å². The van der Waals surface area contributed by atoms with Crippen LogP contribution in [0, 0.1) is 5.92 Å². The summed E-state index contributed by atoms with van der Waals surface area (Å²) in [6, 6.07) is 7.70. The van der Waals surface area contributed by atoms with Crippen molar-refractivity contribution in [2.45, 2.75) is 38.6 Å². The van der Waals surface area contributed by atoms with E-state index in [1.54, 1.807) is 15.7 Å². The Kier molecular flexibility index (Phi) is 4.94.